The van der Waals surface area contributed by atoms with Gasteiger partial charge < -0.3 is 5.73 Å². The highest BCUT2D eigenvalue weighted by Crippen LogP contribution is 2.16. The van der Waals surface area contributed by atoms with E-state index in [1.54, 1.807) is 5.57 Å². The van der Waals surface area contributed by atoms with Crippen LogP contribution in [-0.4, -0.2) is 30.6 Å². The van der Waals surface area contributed by atoms with E-state index in [1.807, 2.05) is 0 Å². The largest absolute Gasteiger partial charge is 0.327 e. The zero-order valence-electron chi connectivity index (χ0n) is 8.43. The molecular weight excluding hydrogens is 148 g/mol. The first-order chi connectivity index (χ1) is 5.59. The van der Waals surface area contributed by atoms with Crippen molar-refractivity contribution in [1.82, 2.24) is 4.90 Å². The monoisotopic (exact) mass is 168 g/mol. The van der Waals surface area contributed by atoms with Gasteiger partial charge in [0.05, 0.1) is 0 Å². The molecule has 0 aromatic heterocycles. The summed E-state index contributed by atoms with van der Waals surface area (Å²) in [6.45, 7) is 9.87. The molecule has 1 atom stereocenters. The lowest BCUT2D eigenvalue weighted by molar-refractivity contribution is 0.272. The van der Waals surface area contributed by atoms with Crippen molar-refractivity contribution in [3.8, 4) is 0 Å². The second-order valence-corrected chi connectivity index (χ2v) is 4.02. The summed E-state index contributed by atoms with van der Waals surface area (Å²) in [7, 11) is 0. The van der Waals surface area contributed by atoms with Gasteiger partial charge in [-0.05, 0) is 27.2 Å². The van der Waals surface area contributed by atoms with E-state index < -0.39 is 0 Å². The van der Waals surface area contributed by atoms with Gasteiger partial charge in [-0.2, -0.15) is 0 Å². The third kappa shape index (κ3) is 2.61. The summed E-state index contributed by atoms with van der Waals surface area (Å²) in [5.41, 5.74) is 8.84. The Balaban J connectivity index is 2.44. The first-order valence-electron chi connectivity index (χ1n) is 4.72. The molecule has 2 heteroatoms. The first kappa shape index (κ1) is 9.75. The van der Waals surface area contributed by atoms with E-state index in [0.29, 0.717) is 6.04 Å². The van der Waals surface area contributed by atoms with Crippen LogP contribution in [0, 0.1) is 0 Å². The molecule has 1 aliphatic rings. The molecule has 0 amide bonds. The Labute approximate surface area is 75.4 Å². The zero-order valence-corrected chi connectivity index (χ0v) is 8.43. The second-order valence-electron chi connectivity index (χ2n) is 4.02. The number of nitrogens with two attached hydrogens (primary N) is 1. The van der Waals surface area contributed by atoms with Crippen LogP contribution in [0.25, 0.3) is 0 Å². The molecule has 2 N–H and O–H groups in total. The average molecular weight is 168 g/mol. The maximum atomic E-state index is 5.75. The fourth-order valence-electron chi connectivity index (χ4n) is 1.65. The quantitative estimate of drug-likeness (QED) is 0.631. The number of nitrogens with zero attached hydrogens (tertiary/aromatic N) is 1. The maximum absolute atomic E-state index is 5.75. The average Bonchev–Trinajstić information content (AvgIpc) is 1.96. The van der Waals surface area contributed by atoms with Crippen molar-refractivity contribution in [3.63, 3.8) is 0 Å². The van der Waals surface area contributed by atoms with Crippen molar-refractivity contribution >= 4 is 0 Å². The normalized spacial score (nSPS) is 23.0. The van der Waals surface area contributed by atoms with E-state index >= 15 is 0 Å². The van der Waals surface area contributed by atoms with Gasteiger partial charge in [0.25, 0.3) is 0 Å². The Morgan fingerprint density at radius 3 is 2.58 bits per heavy atom. The fourth-order valence-corrected chi connectivity index (χ4v) is 1.65. The molecule has 1 unspecified atom stereocenters. The molecule has 0 saturated carbocycles. The fraction of sp³-hybridized carbons (Fsp3) is 0.800. The first-order valence-corrected chi connectivity index (χ1v) is 4.72. The van der Waals surface area contributed by atoms with Gasteiger partial charge in [0.1, 0.15) is 0 Å². The van der Waals surface area contributed by atoms with Gasteiger partial charge in [0.2, 0.25) is 0 Å². The van der Waals surface area contributed by atoms with Crippen LogP contribution in [0.1, 0.15) is 27.2 Å². The van der Waals surface area contributed by atoms with Crippen molar-refractivity contribution in [2.45, 2.75) is 33.2 Å². The third-order valence-electron chi connectivity index (χ3n) is 2.54. The number of hydrogen-bond acceptors (Lipinski definition) is 2. The zero-order chi connectivity index (χ0) is 9.14. The maximum Gasteiger partial charge on any atom is 0.0193 e. The van der Waals surface area contributed by atoms with E-state index in [1.165, 1.54) is 18.5 Å². The Morgan fingerprint density at radius 1 is 1.42 bits per heavy atom. The molecule has 1 rings (SSSR count). The number of rotatable bonds is 2. The predicted molar refractivity (Wildman–Crippen MR) is 53.1 cm³/mol. The van der Waals surface area contributed by atoms with Crippen LogP contribution in [0.3, 0.4) is 0 Å². The molecule has 0 saturated heterocycles. The molecule has 12 heavy (non-hydrogen) atoms. The van der Waals surface area contributed by atoms with Gasteiger partial charge in [0.15, 0.2) is 0 Å². The van der Waals surface area contributed by atoms with E-state index in [9.17, 15) is 0 Å². The molecule has 70 valence electrons. The highest BCUT2D eigenvalue weighted by atomic mass is 15.1. The lowest BCUT2D eigenvalue weighted by Gasteiger charge is -2.29. The lowest BCUT2D eigenvalue weighted by Crippen LogP contribution is -2.39. The Bertz CT molecular complexity index is 182. The van der Waals surface area contributed by atoms with Crippen molar-refractivity contribution in [2.75, 3.05) is 19.6 Å². The van der Waals surface area contributed by atoms with Crippen LogP contribution in [0.15, 0.2) is 11.1 Å². The predicted octanol–water partition coefficient (Wildman–Crippen LogP) is 1.38. The van der Waals surface area contributed by atoms with Gasteiger partial charge in [-0.1, -0.05) is 11.1 Å². The van der Waals surface area contributed by atoms with Crippen molar-refractivity contribution < 1.29 is 0 Å². The molecule has 1 heterocycles. The molecule has 1 aliphatic heterocycles. The van der Waals surface area contributed by atoms with Crippen LogP contribution < -0.4 is 5.73 Å². The summed E-state index contributed by atoms with van der Waals surface area (Å²) >= 11 is 0. The van der Waals surface area contributed by atoms with E-state index in [2.05, 4.69) is 25.7 Å². The van der Waals surface area contributed by atoms with Gasteiger partial charge >= 0.3 is 0 Å². The van der Waals surface area contributed by atoms with E-state index in [-0.39, 0.29) is 0 Å². The molecule has 0 aromatic rings. The minimum Gasteiger partial charge on any atom is -0.327 e. The van der Waals surface area contributed by atoms with Gasteiger partial charge in [-0.3, -0.25) is 4.90 Å². The molecule has 2 nitrogen and oxygen atoms in total. The molecule has 0 bridgehead atoms. The standard InChI is InChI=1S/C10H20N2/c1-8-4-5-12(6-9(8)2)7-10(3)11/h10H,4-7,11H2,1-3H3. The molecule has 0 spiro atoms. The van der Waals surface area contributed by atoms with Crippen LogP contribution >= 0.6 is 0 Å². The Morgan fingerprint density at radius 2 is 2.08 bits per heavy atom. The van der Waals surface area contributed by atoms with E-state index in [4.69, 9.17) is 5.73 Å². The van der Waals surface area contributed by atoms with Crippen molar-refractivity contribution in [3.05, 3.63) is 11.1 Å². The van der Waals surface area contributed by atoms with Crippen LogP contribution in [0.2, 0.25) is 0 Å². The SMILES string of the molecule is CC1=C(C)CN(CC(C)N)CC1. The molecule has 0 radical (unpaired) electrons. The molecule has 0 aromatic carbocycles. The lowest BCUT2D eigenvalue weighted by atomic mass is 10.0. The van der Waals surface area contributed by atoms with Crippen molar-refractivity contribution in [2.24, 2.45) is 5.73 Å². The van der Waals surface area contributed by atoms with Crippen LogP contribution in [0.4, 0.5) is 0 Å². The summed E-state index contributed by atoms with van der Waals surface area (Å²) in [5, 5.41) is 0. The highest BCUT2D eigenvalue weighted by Gasteiger charge is 2.13. The third-order valence-corrected chi connectivity index (χ3v) is 2.54. The topological polar surface area (TPSA) is 29.3 Å². The highest BCUT2D eigenvalue weighted by molar-refractivity contribution is 5.14. The summed E-state index contributed by atoms with van der Waals surface area (Å²) in [6, 6.07) is 0.302. The van der Waals surface area contributed by atoms with Gasteiger partial charge in [0, 0.05) is 25.7 Å². The van der Waals surface area contributed by atoms with Crippen molar-refractivity contribution in [1.29, 1.82) is 0 Å². The minimum absolute atomic E-state index is 0.302. The molecule has 0 fully saturated rings. The Kier molecular flexibility index (Phi) is 3.29. The summed E-state index contributed by atoms with van der Waals surface area (Å²) in [6.07, 6.45) is 1.22. The smallest absolute Gasteiger partial charge is 0.0193 e. The number of hydrogen-bond donors (Lipinski definition) is 1. The molecular formula is C10H20N2. The summed E-state index contributed by atoms with van der Waals surface area (Å²) in [4.78, 5) is 2.44. The molecule has 0 aliphatic carbocycles. The second kappa shape index (κ2) is 4.06. The van der Waals surface area contributed by atoms with Gasteiger partial charge in [-0.15, -0.1) is 0 Å². The summed E-state index contributed by atoms with van der Waals surface area (Å²) < 4.78 is 0. The van der Waals surface area contributed by atoms with Crippen LogP contribution in [-0.2, 0) is 0 Å². The summed E-state index contributed by atoms with van der Waals surface area (Å²) in [5.74, 6) is 0. The Hall–Kier alpha value is -0.340. The van der Waals surface area contributed by atoms with Gasteiger partial charge in [-0.25, -0.2) is 0 Å². The van der Waals surface area contributed by atoms with Crippen LogP contribution in [0.5, 0.6) is 0 Å². The van der Waals surface area contributed by atoms with E-state index in [0.717, 1.165) is 13.1 Å². The minimum atomic E-state index is 0.302.